The molecule has 0 aliphatic heterocycles. The number of alkyl halides is 12. The van der Waals surface area contributed by atoms with Crippen molar-refractivity contribution in [2.45, 2.75) is 57.5 Å². The van der Waals surface area contributed by atoms with Crippen LogP contribution in [0.3, 0.4) is 0 Å². The maximum absolute atomic E-state index is 12.9. The highest BCUT2D eigenvalue weighted by Gasteiger charge is 2.54. The quantitative estimate of drug-likeness (QED) is 0.0667. The summed E-state index contributed by atoms with van der Waals surface area (Å²) in [5, 5.41) is 20.7. The van der Waals surface area contributed by atoms with Crippen LogP contribution in [0.2, 0.25) is 19.6 Å². The van der Waals surface area contributed by atoms with Gasteiger partial charge in [-0.05, 0) is 68.2 Å². The van der Waals surface area contributed by atoms with Gasteiger partial charge in [0.05, 0.1) is 0 Å². The molecule has 5 N–H and O–H groups in total. The molecule has 0 aliphatic carbocycles. The van der Waals surface area contributed by atoms with Crippen molar-refractivity contribution in [2.24, 2.45) is 10.4 Å². The minimum atomic E-state index is -4.66. The highest BCUT2D eigenvalue weighted by atomic mass is 79.9. The molecule has 0 saturated carbocycles. The molecule has 0 bridgehead atoms. The van der Waals surface area contributed by atoms with Gasteiger partial charge < -0.3 is 14.5 Å². The third-order valence-corrected chi connectivity index (χ3v) is 9.47. The second-order valence-electron chi connectivity index (χ2n) is 12.4. The van der Waals surface area contributed by atoms with Gasteiger partial charge in [-0.2, -0.15) is 52.7 Å². The molecule has 0 saturated heterocycles. The molecular weight excluding hydrogens is 1120 g/mol. The Bertz CT molecular complexity index is 1970. The maximum atomic E-state index is 12.9. The molecule has 23 heteroatoms. The number of hydrogen-bond acceptors (Lipinski definition) is 6. The van der Waals surface area contributed by atoms with Gasteiger partial charge in [-0.25, -0.2) is 0 Å². The zero-order valence-electron chi connectivity index (χ0n) is 31.7. The number of nitrogens with one attached hydrogen (secondary N) is 2. The van der Waals surface area contributed by atoms with Crippen LogP contribution in [0.5, 0.6) is 0 Å². The van der Waals surface area contributed by atoms with Crippen LogP contribution in [0.15, 0.2) is 120 Å². The second-order valence-corrected chi connectivity index (χ2v) is 20.6. The van der Waals surface area contributed by atoms with E-state index in [2.05, 4.69) is 73.1 Å². The summed E-state index contributed by atoms with van der Waals surface area (Å²) >= 11 is 12.3. The van der Waals surface area contributed by atoms with Crippen LogP contribution in [0.25, 0.3) is 0 Å². The summed E-state index contributed by atoms with van der Waals surface area (Å²) in [6.07, 6.45) is -18.2. The fourth-order valence-corrected chi connectivity index (χ4v) is 6.52. The smallest absolute Gasteiger partial charge is 0.400 e. The van der Waals surface area contributed by atoms with Crippen LogP contribution in [0.4, 0.5) is 52.7 Å². The number of ether oxygens (including phenoxy) is 1. The Morgan fingerprint density at radius 3 is 1.15 bits per heavy atom. The Morgan fingerprint density at radius 1 is 0.574 bits per heavy atom. The molecule has 340 valence electrons. The molecule has 4 aromatic rings. The predicted octanol–water partition coefficient (Wildman–Crippen LogP) is 14.4. The van der Waals surface area contributed by atoms with E-state index in [0.29, 0.717) is 17.9 Å². The van der Waals surface area contributed by atoms with Gasteiger partial charge in [-0.1, -0.05) is 120 Å². The summed E-state index contributed by atoms with van der Waals surface area (Å²) in [4.78, 5) is 0. The number of methoxy groups -OCH3 is 1. The minimum Gasteiger partial charge on any atom is -0.400 e. The molecule has 61 heavy (non-hydrogen) atoms. The van der Waals surface area contributed by atoms with Gasteiger partial charge >= 0.3 is 24.7 Å². The Labute approximate surface area is 379 Å². The van der Waals surface area contributed by atoms with Gasteiger partial charge in [0.15, 0.2) is 8.24 Å². The lowest BCUT2D eigenvalue weighted by molar-refractivity contribution is -0.274. The molecule has 0 amide bonds. The number of nitrogens with zero attached hydrogens (tertiary/aromatic N) is 1. The van der Waals surface area contributed by atoms with Crippen molar-refractivity contribution < 1.29 is 62.5 Å². The van der Waals surface area contributed by atoms with Crippen LogP contribution >= 0.6 is 63.7 Å². The lowest BCUT2D eigenvalue weighted by Crippen LogP contribution is -2.51. The van der Waals surface area contributed by atoms with Crippen LogP contribution in [0, 0.1) is 10.8 Å². The van der Waals surface area contributed by atoms with Gasteiger partial charge in [-0.15, -0.1) is 0 Å². The van der Waals surface area contributed by atoms with E-state index in [9.17, 15) is 52.7 Å². The summed E-state index contributed by atoms with van der Waals surface area (Å²) < 4.78 is 159. The van der Waals surface area contributed by atoms with Crippen molar-refractivity contribution in [3.63, 3.8) is 0 Å². The number of aliphatic hydroxyl groups is 1. The first-order chi connectivity index (χ1) is 27.2. The third-order valence-electron chi connectivity index (χ3n) is 6.60. The zero-order valence-corrected chi connectivity index (χ0v) is 39.0. The largest absolute Gasteiger partial charge is 0.435 e. The summed E-state index contributed by atoms with van der Waals surface area (Å²) in [5.41, 5.74) is -1.32. The van der Waals surface area contributed by atoms with Crippen LogP contribution < -0.4 is 5.73 Å². The molecule has 0 fully saturated rings. The van der Waals surface area contributed by atoms with Crippen molar-refractivity contribution in [3.05, 3.63) is 137 Å². The normalized spacial score (nSPS) is 12.8. The molecule has 6 nitrogen and oxygen atoms in total. The average Bonchev–Trinajstić information content (AvgIpc) is 3.12. The number of hydrogen-bond donors (Lipinski definition) is 4. The third kappa shape index (κ3) is 21.3. The molecule has 4 rings (SSSR count). The van der Waals surface area contributed by atoms with Gasteiger partial charge in [-0.3, -0.25) is 16.6 Å². The highest BCUT2D eigenvalue weighted by Crippen LogP contribution is 2.38. The molecule has 0 radical (unpaired) electrons. The first-order valence-corrected chi connectivity index (χ1v) is 22.7. The molecule has 0 aliphatic rings. The monoisotopic (exact) mass is 1160 g/mol. The van der Waals surface area contributed by atoms with Crippen molar-refractivity contribution in [3.8, 4) is 0 Å². The molecule has 0 spiro atoms. The van der Waals surface area contributed by atoms with Gasteiger partial charge in [0, 0.05) is 54.4 Å². The second kappa shape index (κ2) is 25.4. The lowest BCUT2D eigenvalue weighted by Gasteiger charge is -2.30. The molecule has 0 aromatic heterocycles. The predicted molar refractivity (Wildman–Crippen MR) is 232 cm³/mol. The van der Waals surface area contributed by atoms with Crippen molar-refractivity contribution in [2.75, 3.05) is 14.2 Å². The van der Waals surface area contributed by atoms with Gasteiger partial charge in [0.1, 0.15) is 17.1 Å². The number of aliphatic hydroxyl groups excluding tert-OH is 1. The van der Waals surface area contributed by atoms with E-state index in [1.807, 2.05) is 0 Å². The minimum absolute atomic E-state index is 0. The maximum Gasteiger partial charge on any atom is 0.435 e. The molecule has 1 atom stereocenters. The first kappa shape index (κ1) is 60.2. The van der Waals surface area contributed by atoms with Crippen molar-refractivity contribution >= 4 is 89.1 Å². The van der Waals surface area contributed by atoms with E-state index >= 15 is 0 Å². The summed E-state index contributed by atoms with van der Waals surface area (Å²) in [5.74, 6) is 0. The Hall–Kier alpha value is -2.93. The molecule has 1 unspecified atom stereocenters. The standard InChI is InChI=1S/C11H13BrF3NSi.C9H9BrF3NO.2C8H5BrF3N.CH4O.CH4/c1-17(2,3)16-10(11(13,14)15)8-5-4-6-9(12)7-8;1-15-8(14,9(11,12)13)6-3-2-4-7(10)5-6;2*9-6-3-1-2-5(4-6)7(13)8(10,11)12;1-2;/h4-7H,1-3H3;2-5H,14H2,1H3;2*1-4,13H;2H,1H3;1H4. The Balaban J connectivity index is 0. The van der Waals surface area contributed by atoms with Crippen LogP contribution in [-0.2, 0) is 10.5 Å². The van der Waals surface area contributed by atoms with E-state index in [1.54, 1.807) is 50.0 Å². The summed E-state index contributed by atoms with van der Waals surface area (Å²) in [6.45, 7) is 5.32. The van der Waals surface area contributed by atoms with E-state index in [0.717, 1.165) is 14.2 Å². The summed E-state index contributed by atoms with van der Waals surface area (Å²) in [6, 6.07) is 22.9. The van der Waals surface area contributed by atoms with E-state index in [-0.39, 0.29) is 29.7 Å². The van der Waals surface area contributed by atoms with E-state index in [1.165, 1.54) is 66.7 Å². The number of halogens is 16. The van der Waals surface area contributed by atoms with E-state index < -0.39 is 55.8 Å². The number of rotatable bonds is 6. The van der Waals surface area contributed by atoms with Crippen LogP contribution in [0.1, 0.15) is 29.7 Å². The number of nitrogens with two attached hydrogens (primary N) is 1. The first-order valence-electron chi connectivity index (χ1n) is 16.1. The SMILES string of the molecule is C.CO.COC(N)(c1cccc(Br)c1)C(F)(F)F.C[Si](C)(C)N=C(c1cccc(Br)c1)C(F)(F)F.N=C(c1cccc(Br)c1)C(F)(F)F.N=C(c1cccc(Br)c1)C(F)(F)F. The summed E-state index contributed by atoms with van der Waals surface area (Å²) in [7, 11) is -0.253. The average molecular weight is 1160 g/mol. The van der Waals surface area contributed by atoms with Gasteiger partial charge in [0.25, 0.3) is 0 Å². The fraction of sp³-hybridized carbons (Fsp3) is 0.289. The van der Waals surface area contributed by atoms with Crippen molar-refractivity contribution in [1.82, 2.24) is 0 Å². The zero-order chi connectivity index (χ0) is 47.1. The Morgan fingerprint density at radius 2 is 0.885 bits per heavy atom. The topological polar surface area (TPSA) is 116 Å². The number of benzene rings is 4. The Kier molecular flexibility index (Phi) is 25.0. The molecule has 0 heterocycles. The lowest BCUT2D eigenvalue weighted by atomic mass is 10.0. The van der Waals surface area contributed by atoms with Gasteiger partial charge in [0.2, 0.25) is 5.72 Å². The van der Waals surface area contributed by atoms with Crippen molar-refractivity contribution in [1.29, 1.82) is 10.8 Å². The van der Waals surface area contributed by atoms with E-state index in [4.69, 9.17) is 21.7 Å². The van der Waals surface area contributed by atoms with Crippen LogP contribution in [-0.4, -0.2) is 69.4 Å². The molecular formula is C38H40Br4F12N4O2Si. The molecule has 4 aromatic carbocycles. The highest BCUT2D eigenvalue weighted by molar-refractivity contribution is 9.11. The fourth-order valence-electron chi connectivity index (χ4n) is 3.99.